The van der Waals surface area contributed by atoms with Crippen molar-refractivity contribution in [1.29, 1.82) is 0 Å². The lowest BCUT2D eigenvalue weighted by molar-refractivity contribution is -0.132. The Morgan fingerprint density at radius 3 is 2.38 bits per heavy atom. The van der Waals surface area contributed by atoms with E-state index >= 15 is 0 Å². The molecule has 2 aromatic carbocycles. The molecule has 2 heterocycles. The minimum Gasteiger partial charge on any atom is -0.490 e. The molecule has 4 rings (SSSR count). The molecule has 1 aromatic heterocycles. The van der Waals surface area contributed by atoms with E-state index in [1.165, 1.54) is 0 Å². The topological polar surface area (TPSA) is 42.4 Å². The summed E-state index contributed by atoms with van der Waals surface area (Å²) in [5.74, 6) is 1.12. The van der Waals surface area contributed by atoms with Gasteiger partial charge in [0, 0.05) is 44.1 Å². The second-order valence-electron chi connectivity index (χ2n) is 7.37. The first-order valence-corrected chi connectivity index (χ1v) is 10.3. The van der Waals surface area contributed by atoms with Crippen molar-refractivity contribution in [3.8, 4) is 28.1 Å². The number of aromatic nitrogens is 1. The quantitative estimate of drug-likeness (QED) is 0.606. The minimum atomic E-state index is 0.173. The minimum absolute atomic E-state index is 0.173. The Balaban J connectivity index is 1.41. The maximum absolute atomic E-state index is 11.8. The number of nitrogens with zero attached hydrogens (tertiary/aromatic N) is 2. The molecule has 1 aliphatic rings. The summed E-state index contributed by atoms with van der Waals surface area (Å²) >= 11 is 0. The molecule has 0 aliphatic carbocycles. The van der Waals surface area contributed by atoms with Crippen LogP contribution in [0.4, 0.5) is 0 Å². The molecule has 4 nitrogen and oxygen atoms in total. The third kappa shape index (κ3) is 4.65. The Morgan fingerprint density at radius 1 is 0.966 bits per heavy atom. The Hall–Kier alpha value is -3.14. The van der Waals surface area contributed by atoms with Crippen LogP contribution < -0.4 is 4.74 Å². The standard InChI is InChI=1S/C25H26N2O2/c1-2-25(28)27-16-13-23(14-17-27)29-22-10-8-19(9-11-22)21-12-15-26-24(18-21)20-6-4-3-5-7-20/h3-12,15,18,23H,2,13-14,16-17H2,1H3. The Labute approximate surface area is 172 Å². The fourth-order valence-electron chi connectivity index (χ4n) is 3.74. The molecule has 1 saturated heterocycles. The van der Waals surface area contributed by atoms with Gasteiger partial charge in [0.05, 0.1) is 5.69 Å². The van der Waals surface area contributed by atoms with Crippen LogP contribution in [0.5, 0.6) is 5.75 Å². The van der Waals surface area contributed by atoms with Crippen LogP contribution in [0, 0.1) is 0 Å². The molecule has 1 fully saturated rings. The van der Waals surface area contributed by atoms with Gasteiger partial charge in [-0.3, -0.25) is 9.78 Å². The van der Waals surface area contributed by atoms with E-state index in [9.17, 15) is 4.79 Å². The lowest BCUT2D eigenvalue weighted by Gasteiger charge is -2.32. The van der Waals surface area contributed by atoms with Crippen molar-refractivity contribution in [3.63, 3.8) is 0 Å². The highest BCUT2D eigenvalue weighted by Gasteiger charge is 2.22. The molecule has 0 spiro atoms. The molecule has 0 saturated carbocycles. The van der Waals surface area contributed by atoms with Crippen LogP contribution in [-0.4, -0.2) is 35.0 Å². The Kier molecular flexibility index (Phi) is 5.89. The number of ether oxygens (including phenoxy) is 1. The van der Waals surface area contributed by atoms with Gasteiger partial charge in [-0.1, -0.05) is 49.4 Å². The van der Waals surface area contributed by atoms with Crippen molar-refractivity contribution in [2.75, 3.05) is 13.1 Å². The first kappa shape index (κ1) is 19.2. The van der Waals surface area contributed by atoms with E-state index < -0.39 is 0 Å². The summed E-state index contributed by atoms with van der Waals surface area (Å²) < 4.78 is 6.15. The average Bonchev–Trinajstić information content (AvgIpc) is 2.80. The maximum Gasteiger partial charge on any atom is 0.222 e. The van der Waals surface area contributed by atoms with Crippen molar-refractivity contribution in [2.24, 2.45) is 0 Å². The van der Waals surface area contributed by atoms with Gasteiger partial charge in [-0.15, -0.1) is 0 Å². The van der Waals surface area contributed by atoms with Crippen molar-refractivity contribution in [2.45, 2.75) is 32.3 Å². The second kappa shape index (κ2) is 8.91. The van der Waals surface area contributed by atoms with Crippen LogP contribution >= 0.6 is 0 Å². The molecule has 3 aromatic rings. The van der Waals surface area contributed by atoms with Gasteiger partial charge in [0.2, 0.25) is 5.91 Å². The van der Waals surface area contributed by atoms with E-state index in [0.717, 1.165) is 54.1 Å². The molecule has 4 heteroatoms. The third-order valence-electron chi connectivity index (χ3n) is 5.42. The predicted molar refractivity (Wildman–Crippen MR) is 116 cm³/mol. The number of hydrogen-bond donors (Lipinski definition) is 0. The molecule has 0 unspecified atom stereocenters. The number of amides is 1. The van der Waals surface area contributed by atoms with E-state index in [-0.39, 0.29) is 12.0 Å². The van der Waals surface area contributed by atoms with Crippen molar-refractivity contribution in [3.05, 3.63) is 72.9 Å². The lowest BCUT2D eigenvalue weighted by atomic mass is 10.0. The first-order chi connectivity index (χ1) is 14.2. The van der Waals surface area contributed by atoms with Gasteiger partial charge in [-0.05, 0) is 35.4 Å². The molecule has 148 valence electrons. The molecular formula is C25H26N2O2. The summed E-state index contributed by atoms with van der Waals surface area (Å²) in [5, 5.41) is 0. The van der Waals surface area contributed by atoms with Crippen molar-refractivity contribution in [1.82, 2.24) is 9.88 Å². The van der Waals surface area contributed by atoms with E-state index in [4.69, 9.17) is 4.74 Å². The molecule has 0 atom stereocenters. The fourth-order valence-corrected chi connectivity index (χ4v) is 3.74. The highest BCUT2D eigenvalue weighted by molar-refractivity contribution is 5.75. The third-order valence-corrected chi connectivity index (χ3v) is 5.42. The van der Waals surface area contributed by atoms with Crippen LogP contribution in [0.25, 0.3) is 22.4 Å². The number of benzene rings is 2. The number of hydrogen-bond acceptors (Lipinski definition) is 3. The predicted octanol–water partition coefficient (Wildman–Crippen LogP) is 5.20. The summed E-state index contributed by atoms with van der Waals surface area (Å²) in [6, 6.07) is 22.6. The number of carbonyl (C=O) groups excluding carboxylic acids is 1. The van der Waals surface area contributed by atoms with Gasteiger partial charge in [0.1, 0.15) is 11.9 Å². The maximum atomic E-state index is 11.8. The number of piperidine rings is 1. The molecule has 1 aliphatic heterocycles. The summed E-state index contributed by atoms with van der Waals surface area (Å²) in [5.41, 5.74) is 4.36. The van der Waals surface area contributed by atoms with Crippen molar-refractivity contribution >= 4 is 5.91 Å². The smallest absolute Gasteiger partial charge is 0.222 e. The monoisotopic (exact) mass is 386 g/mol. The number of likely N-dealkylation sites (tertiary alicyclic amines) is 1. The van der Waals surface area contributed by atoms with Crippen molar-refractivity contribution < 1.29 is 9.53 Å². The van der Waals surface area contributed by atoms with E-state index in [1.807, 2.05) is 54.4 Å². The van der Waals surface area contributed by atoms with Gasteiger partial charge in [0.15, 0.2) is 0 Å². The summed E-state index contributed by atoms with van der Waals surface area (Å²) in [6.45, 7) is 3.49. The summed E-state index contributed by atoms with van der Waals surface area (Å²) in [4.78, 5) is 18.2. The van der Waals surface area contributed by atoms with Gasteiger partial charge >= 0.3 is 0 Å². The highest BCUT2D eigenvalue weighted by atomic mass is 16.5. The van der Waals surface area contributed by atoms with E-state index in [2.05, 4.69) is 35.3 Å². The highest BCUT2D eigenvalue weighted by Crippen LogP contribution is 2.27. The molecular weight excluding hydrogens is 360 g/mol. The Bertz CT molecular complexity index is 946. The van der Waals surface area contributed by atoms with Crippen LogP contribution in [0.1, 0.15) is 26.2 Å². The van der Waals surface area contributed by atoms with Gasteiger partial charge in [-0.25, -0.2) is 0 Å². The largest absolute Gasteiger partial charge is 0.490 e. The zero-order chi connectivity index (χ0) is 20.1. The van der Waals surface area contributed by atoms with Crippen LogP contribution in [0.15, 0.2) is 72.9 Å². The fraction of sp³-hybridized carbons (Fsp3) is 0.280. The molecule has 0 bridgehead atoms. The van der Waals surface area contributed by atoms with Crippen LogP contribution in [0.2, 0.25) is 0 Å². The zero-order valence-electron chi connectivity index (χ0n) is 16.8. The first-order valence-electron chi connectivity index (χ1n) is 10.3. The molecule has 1 amide bonds. The number of rotatable bonds is 5. The summed E-state index contributed by atoms with van der Waals surface area (Å²) in [6.07, 6.45) is 4.38. The van der Waals surface area contributed by atoms with E-state index in [0.29, 0.717) is 6.42 Å². The van der Waals surface area contributed by atoms with Gasteiger partial charge in [0.25, 0.3) is 0 Å². The SMILES string of the molecule is CCC(=O)N1CCC(Oc2ccc(-c3ccnc(-c4ccccc4)c3)cc2)CC1. The van der Waals surface area contributed by atoms with Gasteiger partial charge in [-0.2, -0.15) is 0 Å². The zero-order valence-corrected chi connectivity index (χ0v) is 16.8. The second-order valence-corrected chi connectivity index (χ2v) is 7.37. The van der Waals surface area contributed by atoms with Crippen LogP contribution in [-0.2, 0) is 4.79 Å². The van der Waals surface area contributed by atoms with Crippen LogP contribution in [0.3, 0.4) is 0 Å². The lowest BCUT2D eigenvalue weighted by Crippen LogP contribution is -2.41. The molecule has 0 N–H and O–H groups in total. The molecule has 29 heavy (non-hydrogen) atoms. The van der Waals surface area contributed by atoms with E-state index in [1.54, 1.807) is 0 Å². The average molecular weight is 386 g/mol. The normalized spacial score (nSPS) is 14.6. The number of pyridine rings is 1. The molecule has 0 radical (unpaired) electrons. The Morgan fingerprint density at radius 2 is 1.69 bits per heavy atom. The summed E-state index contributed by atoms with van der Waals surface area (Å²) in [7, 11) is 0. The number of carbonyl (C=O) groups is 1. The van der Waals surface area contributed by atoms with Gasteiger partial charge < -0.3 is 9.64 Å².